The van der Waals surface area contributed by atoms with Crippen LogP contribution < -0.4 is 25.1 Å². The third-order valence-corrected chi connectivity index (χ3v) is 4.03. The van der Waals surface area contributed by atoms with Gasteiger partial charge in [-0.05, 0) is 57.2 Å². The minimum atomic E-state index is -0.565. The van der Waals surface area contributed by atoms with Crippen molar-refractivity contribution in [2.75, 3.05) is 26.9 Å². The number of carbonyl (C=O) groups is 3. The third-order valence-electron chi connectivity index (χ3n) is 4.03. The Hall–Kier alpha value is -3.75. The molecule has 0 bridgehead atoms. The molecule has 2 amide bonds. The molecule has 2 aromatic carbocycles. The van der Waals surface area contributed by atoms with Crippen LogP contribution in [0.1, 0.15) is 51.8 Å². The second-order valence-corrected chi connectivity index (χ2v) is 6.08. The summed E-state index contributed by atoms with van der Waals surface area (Å²) in [5.74, 6) is -0.478. The molecule has 0 saturated heterocycles. The van der Waals surface area contributed by atoms with E-state index in [1.165, 1.54) is 43.5 Å². The predicted molar refractivity (Wildman–Crippen MR) is 113 cm³/mol. The monoisotopic (exact) mass is 430 g/mol. The molecule has 2 N–H and O–H groups in total. The van der Waals surface area contributed by atoms with Gasteiger partial charge in [0.1, 0.15) is 0 Å². The van der Waals surface area contributed by atoms with E-state index in [4.69, 9.17) is 14.2 Å². The van der Waals surface area contributed by atoms with Gasteiger partial charge in [0.2, 0.25) is 5.75 Å². The van der Waals surface area contributed by atoms with Crippen molar-refractivity contribution in [3.63, 3.8) is 0 Å². The highest BCUT2D eigenvalue weighted by molar-refractivity contribution is 6.00. The zero-order chi connectivity index (χ0) is 22.8. The number of rotatable bonds is 9. The molecule has 0 radical (unpaired) electrons. The van der Waals surface area contributed by atoms with Crippen LogP contribution in [0.2, 0.25) is 0 Å². The first-order valence-corrected chi connectivity index (χ1v) is 9.80. The van der Waals surface area contributed by atoms with Gasteiger partial charge < -0.3 is 18.9 Å². The van der Waals surface area contributed by atoms with E-state index in [9.17, 15) is 14.4 Å². The summed E-state index contributed by atoms with van der Waals surface area (Å²) in [6, 6.07) is 8.85. The van der Waals surface area contributed by atoms with Crippen molar-refractivity contribution in [1.82, 2.24) is 10.9 Å². The summed E-state index contributed by atoms with van der Waals surface area (Å²) >= 11 is 0. The van der Waals surface area contributed by atoms with E-state index in [0.717, 1.165) is 0 Å². The molecule has 9 heteroatoms. The molecule has 0 spiro atoms. The lowest BCUT2D eigenvalue weighted by Crippen LogP contribution is -2.41. The Morgan fingerprint density at radius 1 is 0.710 bits per heavy atom. The molecule has 0 unspecified atom stereocenters. The zero-order valence-electron chi connectivity index (χ0n) is 17.9. The molecular formula is C22H26N2O7. The Labute approximate surface area is 180 Å². The average molecular weight is 430 g/mol. The summed E-state index contributed by atoms with van der Waals surface area (Å²) in [7, 11) is 1.27. The van der Waals surface area contributed by atoms with Crippen molar-refractivity contribution >= 4 is 17.8 Å². The Balaban J connectivity index is 2.15. The van der Waals surface area contributed by atoms with Crippen LogP contribution in [0.3, 0.4) is 0 Å². The van der Waals surface area contributed by atoms with Crippen LogP contribution in [0.15, 0.2) is 36.4 Å². The summed E-state index contributed by atoms with van der Waals surface area (Å²) in [4.78, 5) is 36.4. The smallest absolute Gasteiger partial charge is 0.337 e. The summed E-state index contributed by atoms with van der Waals surface area (Å²) in [6.07, 6.45) is 0. The molecule has 166 valence electrons. The number of hydrogen-bond donors (Lipinski definition) is 2. The molecule has 2 rings (SSSR count). The van der Waals surface area contributed by atoms with E-state index in [1.807, 2.05) is 20.8 Å². The lowest BCUT2D eigenvalue weighted by Gasteiger charge is -2.17. The van der Waals surface area contributed by atoms with Crippen LogP contribution in [0, 0.1) is 0 Å². The molecule has 0 aliphatic rings. The van der Waals surface area contributed by atoms with Crippen molar-refractivity contribution in [2.24, 2.45) is 0 Å². The molecular weight excluding hydrogens is 404 g/mol. The molecule has 0 heterocycles. The van der Waals surface area contributed by atoms with Crippen molar-refractivity contribution in [3.8, 4) is 17.2 Å². The Morgan fingerprint density at radius 2 is 1.16 bits per heavy atom. The van der Waals surface area contributed by atoms with E-state index in [-0.39, 0.29) is 11.1 Å². The number of hydrazine groups is 1. The van der Waals surface area contributed by atoms with Crippen molar-refractivity contribution in [1.29, 1.82) is 0 Å². The number of hydrogen-bond acceptors (Lipinski definition) is 7. The lowest BCUT2D eigenvalue weighted by molar-refractivity contribution is 0.0600. The predicted octanol–water partition coefficient (Wildman–Crippen LogP) is 2.74. The maximum Gasteiger partial charge on any atom is 0.337 e. The Bertz CT molecular complexity index is 899. The molecule has 0 aliphatic carbocycles. The minimum absolute atomic E-state index is 0.219. The first kappa shape index (κ1) is 23.5. The first-order chi connectivity index (χ1) is 14.9. The summed E-state index contributed by atoms with van der Waals surface area (Å²) < 4.78 is 21.4. The van der Waals surface area contributed by atoms with Crippen LogP contribution in [0.4, 0.5) is 0 Å². The van der Waals surface area contributed by atoms with Gasteiger partial charge in [-0.25, -0.2) is 4.79 Å². The summed E-state index contributed by atoms with van der Waals surface area (Å²) in [5, 5.41) is 0. The molecule has 31 heavy (non-hydrogen) atoms. The van der Waals surface area contributed by atoms with Gasteiger partial charge in [0.05, 0.1) is 32.5 Å². The number of methoxy groups -OCH3 is 1. The average Bonchev–Trinajstić information content (AvgIpc) is 2.79. The third kappa shape index (κ3) is 6.11. The summed E-state index contributed by atoms with van der Waals surface area (Å²) in [6.45, 7) is 6.60. The van der Waals surface area contributed by atoms with E-state index in [1.54, 1.807) is 0 Å². The topological polar surface area (TPSA) is 112 Å². The highest BCUT2D eigenvalue weighted by Crippen LogP contribution is 2.39. The Kier molecular flexibility index (Phi) is 8.68. The van der Waals surface area contributed by atoms with Crippen molar-refractivity contribution in [3.05, 3.63) is 53.1 Å². The van der Waals surface area contributed by atoms with Crippen LogP contribution in [-0.4, -0.2) is 44.7 Å². The van der Waals surface area contributed by atoms with Crippen molar-refractivity contribution < 1.29 is 33.3 Å². The molecule has 0 fully saturated rings. The number of amides is 2. The molecule has 2 aromatic rings. The molecule has 0 atom stereocenters. The largest absolute Gasteiger partial charge is 0.490 e. The van der Waals surface area contributed by atoms with E-state index < -0.39 is 17.8 Å². The van der Waals surface area contributed by atoms with Gasteiger partial charge in [-0.1, -0.05) is 0 Å². The second kappa shape index (κ2) is 11.4. The van der Waals surface area contributed by atoms with Crippen LogP contribution in [0.25, 0.3) is 0 Å². The van der Waals surface area contributed by atoms with Gasteiger partial charge >= 0.3 is 5.97 Å². The van der Waals surface area contributed by atoms with Gasteiger partial charge in [-0.3, -0.25) is 20.4 Å². The fourth-order valence-corrected chi connectivity index (χ4v) is 2.65. The number of ether oxygens (including phenoxy) is 4. The SMILES string of the molecule is CCOc1cc(C(=O)NNC(=O)c2ccc(C(=O)OC)cc2)cc(OCC)c1OCC. The van der Waals surface area contributed by atoms with Crippen LogP contribution >= 0.6 is 0 Å². The number of benzene rings is 2. The second-order valence-electron chi connectivity index (χ2n) is 6.08. The minimum Gasteiger partial charge on any atom is -0.490 e. The lowest BCUT2D eigenvalue weighted by atomic mass is 10.1. The van der Waals surface area contributed by atoms with E-state index >= 15 is 0 Å². The fourth-order valence-electron chi connectivity index (χ4n) is 2.65. The zero-order valence-corrected chi connectivity index (χ0v) is 17.9. The first-order valence-electron chi connectivity index (χ1n) is 9.80. The number of esters is 1. The normalized spacial score (nSPS) is 10.1. The molecule has 9 nitrogen and oxygen atoms in total. The molecule has 0 aliphatic heterocycles. The number of carbonyl (C=O) groups excluding carboxylic acids is 3. The van der Waals surface area contributed by atoms with Gasteiger partial charge in [0, 0.05) is 11.1 Å². The number of nitrogens with one attached hydrogen (secondary N) is 2. The van der Waals surface area contributed by atoms with Crippen LogP contribution in [-0.2, 0) is 4.74 Å². The summed E-state index contributed by atoms with van der Waals surface area (Å²) in [5.41, 5.74) is 5.47. The van der Waals surface area contributed by atoms with Crippen molar-refractivity contribution in [2.45, 2.75) is 20.8 Å². The molecule has 0 aromatic heterocycles. The van der Waals surface area contributed by atoms with Gasteiger partial charge in [-0.2, -0.15) is 0 Å². The van der Waals surface area contributed by atoms with Gasteiger partial charge in [0.15, 0.2) is 11.5 Å². The van der Waals surface area contributed by atoms with Gasteiger partial charge in [-0.15, -0.1) is 0 Å². The maximum absolute atomic E-state index is 12.6. The van der Waals surface area contributed by atoms with E-state index in [0.29, 0.717) is 42.6 Å². The fraction of sp³-hybridized carbons (Fsp3) is 0.318. The van der Waals surface area contributed by atoms with E-state index in [2.05, 4.69) is 15.6 Å². The Morgan fingerprint density at radius 3 is 1.61 bits per heavy atom. The molecule has 0 saturated carbocycles. The quantitative estimate of drug-likeness (QED) is 0.465. The van der Waals surface area contributed by atoms with Gasteiger partial charge in [0.25, 0.3) is 11.8 Å². The highest BCUT2D eigenvalue weighted by Gasteiger charge is 2.19. The van der Waals surface area contributed by atoms with Crippen LogP contribution in [0.5, 0.6) is 17.2 Å². The highest BCUT2D eigenvalue weighted by atomic mass is 16.5. The maximum atomic E-state index is 12.6. The standard InChI is InChI=1S/C22H26N2O7/c1-5-29-17-12-16(13-18(30-6-2)19(17)31-7-3)21(26)24-23-20(25)14-8-10-15(11-9-14)22(27)28-4/h8-13H,5-7H2,1-4H3,(H,23,25)(H,24,26).